The molecule has 0 aliphatic carbocycles. The predicted octanol–water partition coefficient (Wildman–Crippen LogP) is 3.79. The Morgan fingerprint density at radius 2 is 1.76 bits per heavy atom. The SMILES string of the molecule is CCCCc1c(C(=O)O)n(CCC)c(=O)n1Cc1ccc(-c2ccccc2-n2cnnn2)cc1. The van der Waals surface area contributed by atoms with Crippen LogP contribution in [0.3, 0.4) is 0 Å². The van der Waals surface area contributed by atoms with Crippen molar-refractivity contribution in [2.75, 3.05) is 0 Å². The topological polar surface area (TPSA) is 108 Å². The maximum atomic E-state index is 13.2. The van der Waals surface area contributed by atoms with E-state index in [9.17, 15) is 14.7 Å². The number of imidazole rings is 1. The first-order valence-electron chi connectivity index (χ1n) is 11.5. The molecule has 0 radical (unpaired) electrons. The van der Waals surface area contributed by atoms with Gasteiger partial charge in [0.2, 0.25) is 0 Å². The average molecular weight is 461 g/mol. The van der Waals surface area contributed by atoms with Crippen LogP contribution in [0.15, 0.2) is 59.7 Å². The van der Waals surface area contributed by atoms with Crippen LogP contribution in [-0.2, 0) is 19.5 Å². The third kappa shape index (κ3) is 4.54. The number of nitrogens with zero attached hydrogens (tertiary/aromatic N) is 6. The molecule has 0 unspecified atom stereocenters. The molecule has 0 saturated carbocycles. The van der Waals surface area contributed by atoms with Gasteiger partial charge < -0.3 is 5.11 Å². The zero-order chi connectivity index (χ0) is 24.1. The Hall–Kier alpha value is -4.01. The van der Waals surface area contributed by atoms with Gasteiger partial charge in [-0.2, -0.15) is 4.68 Å². The molecule has 0 bridgehead atoms. The summed E-state index contributed by atoms with van der Waals surface area (Å²) < 4.78 is 4.65. The summed E-state index contributed by atoms with van der Waals surface area (Å²) in [5.41, 5.74) is 4.20. The highest BCUT2D eigenvalue weighted by molar-refractivity contribution is 5.87. The van der Waals surface area contributed by atoms with Crippen molar-refractivity contribution in [1.29, 1.82) is 0 Å². The van der Waals surface area contributed by atoms with Crippen molar-refractivity contribution in [3.05, 3.63) is 82.3 Å². The lowest BCUT2D eigenvalue weighted by molar-refractivity contribution is 0.0683. The van der Waals surface area contributed by atoms with E-state index in [-0.39, 0.29) is 11.4 Å². The first kappa shape index (κ1) is 23.2. The van der Waals surface area contributed by atoms with Crippen molar-refractivity contribution in [2.45, 2.75) is 52.6 Å². The van der Waals surface area contributed by atoms with Crippen LogP contribution in [0.2, 0.25) is 0 Å². The van der Waals surface area contributed by atoms with E-state index in [4.69, 9.17) is 0 Å². The maximum Gasteiger partial charge on any atom is 0.354 e. The number of benzene rings is 2. The minimum absolute atomic E-state index is 0.118. The highest BCUT2D eigenvalue weighted by atomic mass is 16.4. The summed E-state index contributed by atoms with van der Waals surface area (Å²) in [4.78, 5) is 25.2. The van der Waals surface area contributed by atoms with E-state index in [2.05, 4.69) is 22.4 Å². The zero-order valence-electron chi connectivity index (χ0n) is 19.4. The Labute approximate surface area is 197 Å². The standard InChI is InChI=1S/C25H28N6O3/c1-3-5-9-22-23(24(32)33)29(15-4-2)25(34)30(22)16-18-11-13-19(14-12-18)20-8-6-7-10-21(20)31-17-26-27-28-31/h6-8,10-14,17H,3-5,9,15-16H2,1-2H3,(H,32,33). The van der Waals surface area contributed by atoms with E-state index in [1.165, 1.54) is 4.57 Å². The molecule has 34 heavy (non-hydrogen) atoms. The molecule has 9 heteroatoms. The molecule has 2 heterocycles. The second kappa shape index (κ2) is 10.3. The van der Waals surface area contributed by atoms with Crippen LogP contribution in [0.25, 0.3) is 16.8 Å². The largest absolute Gasteiger partial charge is 0.477 e. The van der Waals surface area contributed by atoms with Gasteiger partial charge in [0.05, 0.1) is 17.9 Å². The summed E-state index contributed by atoms with van der Waals surface area (Å²) in [7, 11) is 0. The van der Waals surface area contributed by atoms with Gasteiger partial charge in [0, 0.05) is 12.1 Å². The molecule has 0 amide bonds. The van der Waals surface area contributed by atoms with Crippen LogP contribution in [-0.4, -0.2) is 40.4 Å². The lowest BCUT2D eigenvalue weighted by Gasteiger charge is -2.11. The minimum atomic E-state index is -1.05. The number of para-hydroxylation sites is 1. The number of carbonyl (C=O) groups is 1. The molecule has 0 aliphatic heterocycles. The summed E-state index contributed by atoms with van der Waals surface area (Å²) in [5, 5.41) is 21.3. The number of carboxylic acid groups (broad SMARTS) is 1. The van der Waals surface area contributed by atoms with E-state index in [0.29, 0.717) is 31.6 Å². The molecule has 0 fully saturated rings. The molecule has 176 valence electrons. The first-order chi connectivity index (χ1) is 16.5. The summed E-state index contributed by atoms with van der Waals surface area (Å²) >= 11 is 0. The van der Waals surface area contributed by atoms with Gasteiger partial charge >= 0.3 is 11.7 Å². The summed E-state index contributed by atoms with van der Waals surface area (Å²) in [6.07, 6.45) is 4.54. The number of rotatable bonds is 10. The fourth-order valence-corrected chi connectivity index (χ4v) is 4.23. The van der Waals surface area contributed by atoms with Gasteiger partial charge in [-0.05, 0) is 46.9 Å². The van der Waals surface area contributed by atoms with Crippen LogP contribution < -0.4 is 5.69 Å². The molecule has 2 aromatic heterocycles. The average Bonchev–Trinajstić information content (AvgIpc) is 3.47. The molecule has 0 spiro atoms. The molecular formula is C25H28N6O3. The molecule has 9 nitrogen and oxygen atoms in total. The van der Waals surface area contributed by atoms with Crippen LogP contribution in [0.4, 0.5) is 0 Å². The van der Waals surface area contributed by atoms with Crippen molar-refractivity contribution in [3.8, 4) is 16.8 Å². The van der Waals surface area contributed by atoms with E-state index >= 15 is 0 Å². The number of aromatic carboxylic acids is 1. The Balaban J connectivity index is 1.69. The van der Waals surface area contributed by atoms with Crippen LogP contribution >= 0.6 is 0 Å². The molecule has 2 aromatic carbocycles. The number of tetrazole rings is 1. The molecule has 1 N–H and O–H groups in total. The van der Waals surface area contributed by atoms with E-state index in [1.807, 2.05) is 55.5 Å². The second-order valence-corrected chi connectivity index (χ2v) is 8.19. The first-order valence-corrected chi connectivity index (χ1v) is 11.5. The number of aromatic nitrogens is 6. The fourth-order valence-electron chi connectivity index (χ4n) is 4.23. The third-order valence-corrected chi connectivity index (χ3v) is 5.85. The van der Waals surface area contributed by atoms with Crippen molar-refractivity contribution in [3.63, 3.8) is 0 Å². The molecule has 0 atom stereocenters. The Morgan fingerprint density at radius 3 is 2.41 bits per heavy atom. The molecule has 0 aliphatic rings. The summed E-state index contributed by atoms with van der Waals surface area (Å²) in [6.45, 7) is 4.70. The molecule has 4 aromatic rings. The van der Waals surface area contributed by atoms with Gasteiger partial charge in [-0.15, -0.1) is 5.10 Å². The predicted molar refractivity (Wildman–Crippen MR) is 128 cm³/mol. The van der Waals surface area contributed by atoms with Crippen molar-refractivity contribution >= 4 is 5.97 Å². The number of hydrogen-bond acceptors (Lipinski definition) is 5. The molecule has 4 rings (SSSR count). The molecular weight excluding hydrogens is 432 g/mol. The van der Waals surface area contributed by atoms with Crippen molar-refractivity contribution in [1.82, 2.24) is 29.3 Å². The van der Waals surface area contributed by atoms with Gasteiger partial charge in [-0.3, -0.25) is 9.13 Å². The number of carboxylic acids is 1. The number of hydrogen-bond donors (Lipinski definition) is 1. The van der Waals surface area contributed by atoms with E-state index in [0.717, 1.165) is 35.2 Å². The lowest BCUT2D eigenvalue weighted by Crippen LogP contribution is -2.26. The van der Waals surface area contributed by atoms with Gasteiger partial charge in [0.25, 0.3) is 0 Å². The molecule has 0 saturated heterocycles. The number of unbranched alkanes of at least 4 members (excludes halogenated alkanes) is 1. The maximum absolute atomic E-state index is 13.2. The Bertz CT molecular complexity index is 1320. The van der Waals surface area contributed by atoms with Gasteiger partial charge in [-0.25, -0.2) is 9.59 Å². The van der Waals surface area contributed by atoms with Crippen LogP contribution in [0.5, 0.6) is 0 Å². The van der Waals surface area contributed by atoms with E-state index in [1.54, 1.807) is 15.6 Å². The van der Waals surface area contributed by atoms with Crippen LogP contribution in [0, 0.1) is 0 Å². The Kier molecular flexibility index (Phi) is 7.01. The third-order valence-electron chi connectivity index (χ3n) is 5.85. The van der Waals surface area contributed by atoms with Gasteiger partial charge in [-0.1, -0.05) is 62.7 Å². The van der Waals surface area contributed by atoms with E-state index < -0.39 is 5.97 Å². The summed E-state index contributed by atoms with van der Waals surface area (Å²) in [5.74, 6) is -1.05. The van der Waals surface area contributed by atoms with Gasteiger partial charge in [0.15, 0.2) is 5.69 Å². The quantitative estimate of drug-likeness (QED) is 0.386. The normalized spacial score (nSPS) is 11.1. The highest BCUT2D eigenvalue weighted by Gasteiger charge is 2.24. The minimum Gasteiger partial charge on any atom is -0.477 e. The van der Waals surface area contributed by atoms with Crippen molar-refractivity contribution < 1.29 is 9.90 Å². The lowest BCUT2D eigenvalue weighted by atomic mass is 10.0. The van der Waals surface area contributed by atoms with Crippen LogP contribution in [0.1, 0.15) is 54.9 Å². The summed E-state index contributed by atoms with van der Waals surface area (Å²) in [6, 6.07) is 15.8. The van der Waals surface area contributed by atoms with Crippen molar-refractivity contribution in [2.24, 2.45) is 0 Å². The monoisotopic (exact) mass is 460 g/mol. The Morgan fingerprint density at radius 1 is 1.00 bits per heavy atom. The second-order valence-electron chi connectivity index (χ2n) is 8.19. The van der Waals surface area contributed by atoms with Gasteiger partial charge in [0.1, 0.15) is 6.33 Å². The zero-order valence-corrected chi connectivity index (χ0v) is 19.4. The highest BCUT2D eigenvalue weighted by Crippen LogP contribution is 2.26. The fraction of sp³-hybridized carbons (Fsp3) is 0.320. The smallest absolute Gasteiger partial charge is 0.354 e.